The normalized spacial score (nSPS) is 12.7. The van der Waals surface area contributed by atoms with Crippen molar-refractivity contribution >= 4 is 29.2 Å². The summed E-state index contributed by atoms with van der Waals surface area (Å²) in [5.41, 5.74) is 5.85. The molecule has 0 aliphatic carbocycles. The van der Waals surface area contributed by atoms with Crippen LogP contribution in [0.3, 0.4) is 0 Å². The molecule has 0 aliphatic heterocycles. The van der Waals surface area contributed by atoms with Gasteiger partial charge in [-0.2, -0.15) is 0 Å². The van der Waals surface area contributed by atoms with E-state index in [9.17, 15) is 9.59 Å². The summed E-state index contributed by atoms with van der Waals surface area (Å²) in [5.74, 6) is -0.899. The second kappa shape index (κ2) is 6.13. The first-order valence-electron chi connectivity index (χ1n) is 6.10. The van der Waals surface area contributed by atoms with Crippen LogP contribution >= 0.6 is 11.6 Å². The molecule has 0 radical (unpaired) electrons. The largest absolute Gasteiger partial charge is 0.467 e. The lowest BCUT2D eigenvalue weighted by atomic mass is 9.86. The fourth-order valence-corrected chi connectivity index (χ4v) is 1.81. The van der Waals surface area contributed by atoms with E-state index in [4.69, 9.17) is 22.1 Å². The molecule has 20 heavy (non-hydrogen) atoms. The number of nitrogen functional groups attached to an aromatic ring is 1. The number of ether oxygens (including phenoxy) is 1. The van der Waals surface area contributed by atoms with Crippen LogP contribution < -0.4 is 11.1 Å². The van der Waals surface area contributed by atoms with Crippen molar-refractivity contribution in [2.45, 2.75) is 26.8 Å². The molecule has 0 saturated heterocycles. The second-order valence-electron chi connectivity index (χ2n) is 5.53. The summed E-state index contributed by atoms with van der Waals surface area (Å²) >= 11 is 5.88. The highest BCUT2D eigenvalue weighted by molar-refractivity contribution is 6.33. The van der Waals surface area contributed by atoms with Crippen LogP contribution in [0.15, 0.2) is 18.2 Å². The van der Waals surface area contributed by atoms with E-state index in [1.807, 2.05) is 20.8 Å². The van der Waals surface area contributed by atoms with Gasteiger partial charge in [0, 0.05) is 5.56 Å². The number of carbonyl (C=O) groups is 2. The van der Waals surface area contributed by atoms with E-state index in [2.05, 4.69) is 5.32 Å². The van der Waals surface area contributed by atoms with Crippen LogP contribution in [0.4, 0.5) is 5.69 Å². The lowest BCUT2D eigenvalue weighted by Crippen LogP contribution is -2.49. The zero-order valence-electron chi connectivity index (χ0n) is 12.0. The van der Waals surface area contributed by atoms with Gasteiger partial charge in [0.1, 0.15) is 6.04 Å². The maximum absolute atomic E-state index is 12.2. The average Bonchev–Trinajstić information content (AvgIpc) is 2.36. The molecule has 0 aromatic heterocycles. The first-order valence-corrected chi connectivity index (χ1v) is 6.48. The van der Waals surface area contributed by atoms with Gasteiger partial charge in [0.25, 0.3) is 5.91 Å². The molecular formula is C14H19ClN2O3. The summed E-state index contributed by atoms with van der Waals surface area (Å²) in [5, 5.41) is 2.95. The number of nitrogens with two attached hydrogens (primary N) is 1. The predicted octanol–water partition coefficient (Wildman–Crippen LogP) is 2.24. The van der Waals surface area contributed by atoms with Gasteiger partial charge in [-0.1, -0.05) is 32.4 Å². The summed E-state index contributed by atoms with van der Waals surface area (Å²) < 4.78 is 4.72. The van der Waals surface area contributed by atoms with Gasteiger partial charge in [0.05, 0.1) is 17.8 Å². The van der Waals surface area contributed by atoms with Crippen LogP contribution in [-0.2, 0) is 9.53 Å². The summed E-state index contributed by atoms with van der Waals surface area (Å²) in [6.45, 7) is 5.51. The molecule has 0 bridgehead atoms. The maximum atomic E-state index is 12.2. The van der Waals surface area contributed by atoms with Crippen LogP contribution in [0.25, 0.3) is 0 Å². The molecule has 1 atom stereocenters. The Hall–Kier alpha value is -1.75. The Morgan fingerprint density at radius 1 is 1.35 bits per heavy atom. The number of carbonyl (C=O) groups excluding carboxylic acids is 2. The number of hydrogen-bond donors (Lipinski definition) is 2. The lowest BCUT2D eigenvalue weighted by Gasteiger charge is -2.29. The lowest BCUT2D eigenvalue weighted by molar-refractivity contribution is -0.145. The number of benzene rings is 1. The Kier molecular flexibility index (Phi) is 5.00. The zero-order chi connectivity index (χ0) is 15.5. The van der Waals surface area contributed by atoms with E-state index in [1.165, 1.54) is 13.2 Å². The third-order valence-electron chi connectivity index (χ3n) is 2.84. The first kappa shape index (κ1) is 16.3. The number of halogens is 1. The van der Waals surface area contributed by atoms with Gasteiger partial charge < -0.3 is 15.8 Å². The molecule has 6 heteroatoms. The predicted molar refractivity (Wildman–Crippen MR) is 78.6 cm³/mol. The number of amides is 1. The monoisotopic (exact) mass is 298 g/mol. The molecule has 0 aliphatic rings. The van der Waals surface area contributed by atoms with Gasteiger partial charge in [-0.25, -0.2) is 4.79 Å². The topological polar surface area (TPSA) is 81.4 Å². The smallest absolute Gasteiger partial charge is 0.328 e. The Morgan fingerprint density at radius 3 is 2.40 bits per heavy atom. The minimum atomic E-state index is -0.753. The third kappa shape index (κ3) is 3.87. The van der Waals surface area contributed by atoms with Crippen molar-refractivity contribution in [3.8, 4) is 0 Å². The fourth-order valence-electron chi connectivity index (χ4n) is 1.63. The molecule has 1 aromatic carbocycles. The standard InChI is InChI=1S/C14H19ClN2O3/c1-14(2,3)11(13(19)20-4)17-12(18)8-5-6-10(16)9(15)7-8/h5-7,11H,16H2,1-4H3,(H,17,18)/t11-/m1/s1. The number of nitrogens with one attached hydrogen (secondary N) is 1. The summed E-state index contributed by atoms with van der Waals surface area (Å²) in [6, 6.07) is 3.80. The van der Waals surface area contributed by atoms with Crippen molar-refractivity contribution in [3.05, 3.63) is 28.8 Å². The maximum Gasteiger partial charge on any atom is 0.328 e. The number of rotatable bonds is 3. The van der Waals surface area contributed by atoms with E-state index in [-0.39, 0.29) is 0 Å². The van der Waals surface area contributed by atoms with Gasteiger partial charge in [-0.05, 0) is 23.6 Å². The molecule has 3 N–H and O–H groups in total. The van der Waals surface area contributed by atoms with Gasteiger partial charge in [-0.3, -0.25) is 4.79 Å². The van der Waals surface area contributed by atoms with Crippen molar-refractivity contribution in [2.24, 2.45) is 5.41 Å². The highest BCUT2D eigenvalue weighted by atomic mass is 35.5. The van der Waals surface area contributed by atoms with Crippen LogP contribution in [0.5, 0.6) is 0 Å². The molecule has 1 amide bonds. The van der Waals surface area contributed by atoms with Gasteiger partial charge in [0.15, 0.2) is 0 Å². The molecule has 0 spiro atoms. The zero-order valence-corrected chi connectivity index (χ0v) is 12.7. The van der Waals surface area contributed by atoms with E-state index in [1.54, 1.807) is 12.1 Å². The average molecular weight is 299 g/mol. The second-order valence-corrected chi connectivity index (χ2v) is 5.94. The van der Waals surface area contributed by atoms with Crippen LogP contribution in [0.2, 0.25) is 5.02 Å². The Bertz CT molecular complexity index is 524. The van der Waals surface area contributed by atoms with E-state index < -0.39 is 23.3 Å². The van der Waals surface area contributed by atoms with Crippen molar-refractivity contribution in [2.75, 3.05) is 12.8 Å². The van der Waals surface area contributed by atoms with Crippen LogP contribution in [0.1, 0.15) is 31.1 Å². The molecule has 0 saturated carbocycles. The quantitative estimate of drug-likeness (QED) is 0.662. The van der Waals surface area contributed by atoms with Crippen LogP contribution in [0, 0.1) is 5.41 Å². The third-order valence-corrected chi connectivity index (χ3v) is 3.17. The summed E-state index contributed by atoms with van der Waals surface area (Å²) in [6.07, 6.45) is 0. The molecule has 0 heterocycles. The highest BCUT2D eigenvalue weighted by Gasteiger charge is 2.33. The summed E-state index contributed by atoms with van der Waals surface area (Å²) in [7, 11) is 1.29. The Morgan fingerprint density at radius 2 is 1.95 bits per heavy atom. The first-order chi connectivity index (χ1) is 9.16. The number of anilines is 1. The number of hydrogen-bond acceptors (Lipinski definition) is 4. The Labute approximate surface area is 123 Å². The highest BCUT2D eigenvalue weighted by Crippen LogP contribution is 2.22. The summed E-state index contributed by atoms with van der Waals surface area (Å²) in [4.78, 5) is 23.9. The van der Waals surface area contributed by atoms with Crippen molar-refractivity contribution in [3.63, 3.8) is 0 Å². The van der Waals surface area contributed by atoms with Gasteiger partial charge in [-0.15, -0.1) is 0 Å². The van der Waals surface area contributed by atoms with Crippen molar-refractivity contribution in [1.29, 1.82) is 0 Å². The van der Waals surface area contributed by atoms with E-state index in [0.717, 1.165) is 0 Å². The Balaban J connectivity index is 2.96. The fraction of sp³-hybridized carbons (Fsp3) is 0.429. The van der Waals surface area contributed by atoms with Crippen LogP contribution in [-0.4, -0.2) is 25.0 Å². The van der Waals surface area contributed by atoms with Gasteiger partial charge in [0.2, 0.25) is 0 Å². The molecule has 0 unspecified atom stereocenters. The van der Waals surface area contributed by atoms with Crippen molar-refractivity contribution < 1.29 is 14.3 Å². The number of esters is 1. The van der Waals surface area contributed by atoms with E-state index in [0.29, 0.717) is 16.3 Å². The molecule has 1 aromatic rings. The molecular weight excluding hydrogens is 280 g/mol. The molecule has 0 fully saturated rings. The number of methoxy groups -OCH3 is 1. The minimum Gasteiger partial charge on any atom is -0.467 e. The van der Waals surface area contributed by atoms with Crippen molar-refractivity contribution in [1.82, 2.24) is 5.32 Å². The van der Waals surface area contributed by atoms with Gasteiger partial charge >= 0.3 is 5.97 Å². The molecule has 5 nitrogen and oxygen atoms in total. The molecule has 1 rings (SSSR count). The minimum absolute atomic E-state index is 0.294. The van der Waals surface area contributed by atoms with E-state index >= 15 is 0 Å². The molecule has 110 valence electrons. The SMILES string of the molecule is COC(=O)[C@@H](NC(=O)c1ccc(N)c(Cl)c1)C(C)(C)C.